The summed E-state index contributed by atoms with van der Waals surface area (Å²) < 4.78 is 0. The van der Waals surface area contributed by atoms with Gasteiger partial charge in [-0.1, -0.05) is 18.2 Å². The van der Waals surface area contributed by atoms with Crippen molar-refractivity contribution in [2.75, 3.05) is 13.1 Å². The Morgan fingerprint density at radius 3 is 2.36 bits per heavy atom. The fraction of sp³-hybridized carbons (Fsp3) is 0.500. The summed E-state index contributed by atoms with van der Waals surface area (Å²) in [6.45, 7) is 6.94. The van der Waals surface area contributed by atoms with Gasteiger partial charge in [0.1, 0.15) is 0 Å². The van der Waals surface area contributed by atoms with Gasteiger partial charge < -0.3 is 5.11 Å². The lowest BCUT2D eigenvalue weighted by molar-refractivity contribution is -0.00307. The number of β-amino-alcohol motifs (C(OH)–C–C–N with tert-alkyl or cyclic N) is 1. The number of aliphatic hydroxyl groups is 1. The Balaban J connectivity index is 2.09. The maximum Gasteiger partial charge on any atom is 0.0794 e. The first-order valence-electron chi connectivity index (χ1n) is 5.12. The first-order chi connectivity index (χ1) is 6.66. The molecule has 1 aliphatic heterocycles. The van der Waals surface area contributed by atoms with Crippen molar-refractivity contribution in [3.05, 3.63) is 34.9 Å². The number of nitrogens with zero attached hydrogens (tertiary/aromatic N) is 1. The van der Waals surface area contributed by atoms with Crippen molar-refractivity contribution < 1.29 is 5.11 Å². The van der Waals surface area contributed by atoms with Crippen LogP contribution in [0.25, 0.3) is 0 Å². The highest BCUT2D eigenvalue weighted by Crippen LogP contribution is 2.19. The van der Waals surface area contributed by atoms with Crippen molar-refractivity contribution in [1.82, 2.24) is 4.90 Å². The first kappa shape index (κ1) is 9.69. The molecule has 2 rings (SSSR count). The van der Waals surface area contributed by atoms with Crippen LogP contribution in [0.2, 0.25) is 0 Å². The fourth-order valence-corrected chi connectivity index (χ4v) is 1.99. The van der Waals surface area contributed by atoms with Gasteiger partial charge >= 0.3 is 0 Å². The molecule has 0 unspecified atom stereocenters. The van der Waals surface area contributed by atoms with Crippen LogP contribution < -0.4 is 0 Å². The van der Waals surface area contributed by atoms with E-state index in [1.807, 2.05) is 0 Å². The van der Waals surface area contributed by atoms with Crippen LogP contribution in [0.4, 0.5) is 0 Å². The molecule has 76 valence electrons. The standard InChI is InChI=1S/C12H17NO/c1-9-4-3-5-10(2)12(9)8-13-6-11(14)7-13/h3-5,11,14H,6-8H2,1-2H3. The molecule has 0 radical (unpaired) electrons. The van der Waals surface area contributed by atoms with Crippen LogP contribution in [-0.2, 0) is 6.54 Å². The lowest BCUT2D eigenvalue weighted by atomic mass is 10.0. The quantitative estimate of drug-likeness (QED) is 0.765. The van der Waals surface area contributed by atoms with Crippen LogP contribution in [0.1, 0.15) is 16.7 Å². The zero-order valence-corrected chi connectivity index (χ0v) is 8.83. The van der Waals surface area contributed by atoms with Crippen LogP contribution in [0, 0.1) is 13.8 Å². The van der Waals surface area contributed by atoms with E-state index in [1.54, 1.807) is 0 Å². The van der Waals surface area contributed by atoms with Gasteiger partial charge in [0.05, 0.1) is 6.10 Å². The zero-order valence-electron chi connectivity index (χ0n) is 8.83. The van der Waals surface area contributed by atoms with Crippen molar-refractivity contribution in [2.45, 2.75) is 26.5 Å². The Morgan fingerprint density at radius 2 is 1.86 bits per heavy atom. The van der Waals surface area contributed by atoms with Crippen molar-refractivity contribution >= 4 is 0 Å². The van der Waals surface area contributed by atoms with E-state index >= 15 is 0 Å². The molecule has 1 heterocycles. The second kappa shape index (κ2) is 3.71. The smallest absolute Gasteiger partial charge is 0.0794 e. The highest BCUT2D eigenvalue weighted by molar-refractivity contribution is 5.33. The highest BCUT2D eigenvalue weighted by atomic mass is 16.3. The van der Waals surface area contributed by atoms with E-state index in [2.05, 4.69) is 36.9 Å². The van der Waals surface area contributed by atoms with Crippen LogP contribution in [0.5, 0.6) is 0 Å². The Hall–Kier alpha value is -0.860. The molecule has 0 atom stereocenters. The van der Waals surface area contributed by atoms with Gasteiger partial charge in [0.2, 0.25) is 0 Å². The van der Waals surface area contributed by atoms with Gasteiger partial charge in [-0.2, -0.15) is 0 Å². The zero-order chi connectivity index (χ0) is 10.1. The molecule has 1 aliphatic rings. The van der Waals surface area contributed by atoms with E-state index < -0.39 is 0 Å². The molecule has 0 saturated carbocycles. The molecule has 0 aromatic heterocycles. The molecule has 1 aromatic carbocycles. The average molecular weight is 191 g/mol. The van der Waals surface area contributed by atoms with Crippen molar-refractivity contribution in [2.24, 2.45) is 0 Å². The number of hydrogen-bond acceptors (Lipinski definition) is 2. The lowest BCUT2D eigenvalue weighted by Gasteiger charge is -2.36. The number of hydrogen-bond donors (Lipinski definition) is 1. The maximum absolute atomic E-state index is 9.19. The normalized spacial score (nSPS) is 18.2. The monoisotopic (exact) mass is 191 g/mol. The third-order valence-corrected chi connectivity index (χ3v) is 2.96. The lowest BCUT2D eigenvalue weighted by Crippen LogP contribution is -2.50. The Kier molecular flexibility index (Phi) is 2.57. The number of aliphatic hydroxyl groups excluding tert-OH is 1. The minimum absolute atomic E-state index is 0.0978. The summed E-state index contributed by atoms with van der Waals surface area (Å²) in [6.07, 6.45) is -0.0978. The van der Waals surface area contributed by atoms with Gasteiger partial charge in [-0.3, -0.25) is 4.90 Å². The molecule has 0 bridgehead atoms. The number of benzene rings is 1. The van der Waals surface area contributed by atoms with Crippen LogP contribution >= 0.6 is 0 Å². The van der Waals surface area contributed by atoms with E-state index in [1.165, 1.54) is 16.7 Å². The molecular formula is C12H17NO. The molecule has 1 fully saturated rings. The minimum Gasteiger partial charge on any atom is -0.390 e. The first-order valence-corrected chi connectivity index (χ1v) is 5.12. The Labute approximate surface area is 85.2 Å². The van der Waals surface area contributed by atoms with Crippen molar-refractivity contribution in [3.8, 4) is 0 Å². The summed E-state index contributed by atoms with van der Waals surface area (Å²) in [4.78, 5) is 2.28. The second-order valence-corrected chi connectivity index (χ2v) is 4.22. The molecule has 14 heavy (non-hydrogen) atoms. The van der Waals surface area contributed by atoms with E-state index in [0.717, 1.165) is 19.6 Å². The van der Waals surface area contributed by atoms with Crippen LogP contribution in [0.15, 0.2) is 18.2 Å². The van der Waals surface area contributed by atoms with E-state index in [-0.39, 0.29) is 6.10 Å². The minimum atomic E-state index is -0.0978. The second-order valence-electron chi connectivity index (χ2n) is 4.22. The highest BCUT2D eigenvalue weighted by Gasteiger charge is 2.24. The van der Waals surface area contributed by atoms with Gasteiger partial charge in [0.25, 0.3) is 0 Å². The molecule has 0 spiro atoms. The Morgan fingerprint density at radius 1 is 1.29 bits per heavy atom. The van der Waals surface area contributed by atoms with Gasteiger partial charge in [0, 0.05) is 19.6 Å². The number of rotatable bonds is 2. The van der Waals surface area contributed by atoms with Crippen LogP contribution in [0.3, 0.4) is 0 Å². The summed E-state index contributed by atoms with van der Waals surface area (Å²) in [6, 6.07) is 6.40. The summed E-state index contributed by atoms with van der Waals surface area (Å²) in [5.41, 5.74) is 4.12. The van der Waals surface area contributed by atoms with Gasteiger partial charge in [-0.25, -0.2) is 0 Å². The molecule has 1 N–H and O–H groups in total. The van der Waals surface area contributed by atoms with Crippen molar-refractivity contribution in [1.29, 1.82) is 0 Å². The summed E-state index contributed by atoms with van der Waals surface area (Å²) >= 11 is 0. The molecule has 1 aromatic rings. The molecule has 2 nitrogen and oxygen atoms in total. The molecule has 1 saturated heterocycles. The molecule has 0 amide bonds. The molecular weight excluding hydrogens is 174 g/mol. The Bertz CT molecular complexity index is 309. The topological polar surface area (TPSA) is 23.5 Å². The van der Waals surface area contributed by atoms with E-state index in [4.69, 9.17) is 0 Å². The summed E-state index contributed by atoms with van der Waals surface area (Å²) in [7, 11) is 0. The third kappa shape index (κ3) is 1.81. The average Bonchev–Trinajstić information content (AvgIpc) is 2.08. The molecule has 0 aliphatic carbocycles. The van der Waals surface area contributed by atoms with E-state index in [9.17, 15) is 5.11 Å². The van der Waals surface area contributed by atoms with Gasteiger partial charge in [-0.15, -0.1) is 0 Å². The number of aryl methyl sites for hydroxylation is 2. The SMILES string of the molecule is Cc1cccc(C)c1CN1CC(O)C1. The summed E-state index contributed by atoms with van der Waals surface area (Å²) in [5, 5.41) is 9.19. The van der Waals surface area contributed by atoms with Crippen LogP contribution in [-0.4, -0.2) is 29.2 Å². The van der Waals surface area contributed by atoms with Crippen molar-refractivity contribution in [3.63, 3.8) is 0 Å². The van der Waals surface area contributed by atoms with Gasteiger partial charge in [0.15, 0.2) is 0 Å². The van der Waals surface area contributed by atoms with Gasteiger partial charge in [-0.05, 0) is 30.5 Å². The maximum atomic E-state index is 9.19. The number of likely N-dealkylation sites (tertiary alicyclic amines) is 1. The fourth-order valence-electron chi connectivity index (χ4n) is 1.99. The largest absolute Gasteiger partial charge is 0.390 e. The third-order valence-electron chi connectivity index (χ3n) is 2.96. The predicted molar refractivity (Wildman–Crippen MR) is 57.2 cm³/mol. The van der Waals surface area contributed by atoms with E-state index in [0.29, 0.717) is 0 Å². The molecule has 2 heteroatoms. The predicted octanol–water partition coefficient (Wildman–Crippen LogP) is 1.48. The summed E-state index contributed by atoms with van der Waals surface area (Å²) in [5.74, 6) is 0.